The minimum atomic E-state index is 0.0281. The molecule has 0 saturated heterocycles. The van der Waals surface area contributed by atoms with Gasteiger partial charge in [-0.2, -0.15) is 0 Å². The summed E-state index contributed by atoms with van der Waals surface area (Å²) in [7, 11) is 0. The second-order valence-corrected chi connectivity index (χ2v) is 4.92. The minimum absolute atomic E-state index is 0.0281. The highest BCUT2D eigenvalue weighted by molar-refractivity contribution is 6.06. The summed E-state index contributed by atoms with van der Waals surface area (Å²) in [6.07, 6.45) is 0.905. The average molecular weight is 268 g/mol. The van der Waals surface area contributed by atoms with Crippen LogP contribution in [-0.4, -0.2) is 12.5 Å². The lowest BCUT2D eigenvalue weighted by molar-refractivity contribution is 0.0987. The first-order valence-corrected chi connectivity index (χ1v) is 6.86. The van der Waals surface area contributed by atoms with Crippen LogP contribution >= 0.6 is 0 Å². The van der Waals surface area contributed by atoms with Gasteiger partial charge in [0.25, 0.3) is 5.91 Å². The maximum Gasteiger partial charge on any atom is 0.258 e. The van der Waals surface area contributed by atoms with E-state index >= 15 is 0 Å². The number of carbonyl (C=O) groups excluding carboxylic acids is 1. The Kier molecular flexibility index (Phi) is 4.41. The maximum atomic E-state index is 12.7. The van der Waals surface area contributed by atoms with Gasteiger partial charge in [0.15, 0.2) is 0 Å². The number of hydrogen-bond donors (Lipinski definition) is 1. The summed E-state index contributed by atoms with van der Waals surface area (Å²) >= 11 is 0. The Hall–Kier alpha value is -2.29. The highest BCUT2D eigenvalue weighted by Crippen LogP contribution is 2.19. The number of anilines is 2. The van der Waals surface area contributed by atoms with E-state index in [1.165, 1.54) is 0 Å². The Morgan fingerprint density at radius 2 is 1.85 bits per heavy atom. The molecule has 104 valence electrons. The molecule has 0 unspecified atom stereocenters. The lowest BCUT2D eigenvalue weighted by Crippen LogP contribution is -2.31. The van der Waals surface area contributed by atoms with Gasteiger partial charge in [0, 0.05) is 23.5 Å². The number of aryl methyl sites for hydroxylation is 1. The molecule has 0 atom stereocenters. The topological polar surface area (TPSA) is 46.3 Å². The number of hydrogen-bond acceptors (Lipinski definition) is 2. The fourth-order valence-corrected chi connectivity index (χ4v) is 2.16. The zero-order chi connectivity index (χ0) is 14.5. The Balaban J connectivity index is 2.33. The SMILES string of the molecule is CCCN(C(=O)c1cccc(C)c1)c1ccc(N)cc1. The number of nitrogen functional groups attached to an aromatic ring is 1. The number of nitrogens with two attached hydrogens (primary N) is 1. The van der Waals surface area contributed by atoms with Gasteiger partial charge < -0.3 is 10.6 Å². The predicted octanol–water partition coefficient (Wildman–Crippen LogP) is 3.63. The second kappa shape index (κ2) is 6.24. The van der Waals surface area contributed by atoms with Gasteiger partial charge in [0.1, 0.15) is 0 Å². The van der Waals surface area contributed by atoms with Crippen molar-refractivity contribution in [2.45, 2.75) is 20.3 Å². The smallest absolute Gasteiger partial charge is 0.258 e. The monoisotopic (exact) mass is 268 g/mol. The van der Waals surface area contributed by atoms with Crippen molar-refractivity contribution in [2.75, 3.05) is 17.2 Å². The van der Waals surface area contributed by atoms with E-state index in [0.717, 1.165) is 23.2 Å². The molecule has 2 rings (SSSR count). The third-order valence-corrected chi connectivity index (χ3v) is 3.16. The third kappa shape index (κ3) is 3.18. The summed E-state index contributed by atoms with van der Waals surface area (Å²) < 4.78 is 0. The molecular weight excluding hydrogens is 248 g/mol. The summed E-state index contributed by atoms with van der Waals surface area (Å²) in [4.78, 5) is 14.5. The molecule has 3 heteroatoms. The van der Waals surface area contributed by atoms with E-state index in [1.54, 1.807) is 4.90 Å². The zero-order valence-electron chi connectivity index (χ0n) is 12.0. The van der Waals surface area contributed by atoms with Crippen LogP contribution in [0.1, 0.15) is 29.3 Å². The maximum absolute atomic E-state index is 12.7. The molecule has 2 N–H and O–H groups in total. The van der Waals surface area contributed by atoms with Crippen LogP contribution in [0.5, 0.6) is 0 Å². The molecule has 0 spiro atoms. The van der Waals surface area contributed by atoms with Crippen molar-refractivity contribution < 1.29 is 4.79 Å². The first-order chi connectivity index (χ1) is 9.61. The molecule has 20 heavy (non-hydrogen) atoms. The van der Waals surface area contributed by atoms with Crippen LogP contribution in [0.2, 0.25) is 0 Å². The van der Waals surface area contributed by atoms with Gasteiger partial charge in [-0.3, -0.25) is 4.79 Å². The van der Waals surface area contributed by atoms with Gasteiger partial charge in [0.2, 0.25) is 0 Å². The number of benzene rings is 2. The zero-order valence-corrected chi connectivity index (χ0v) is 12.0. The van der Waals surface area contributed by atoms with Gasteiger partial charge in [0.05, 0.1) is 0 Å². The largest absolute Gasteiger partial charge is 0.399 e. The molecule has 0 heterocycles. The molecule has 0 radical (unpaired) electrons. The summed E-state index contributed by atoms with van der Waals surface area (Å²) in [6, 6.07) is 15.1. The van der Waals surface area contributed by atoms with Crippen molar-refractivity contribution in [2.24, 2.45) is 0 Å². The molecule has 0 aliphatic rings. The van der Waals surface area contributed by atoms with Crippen LogP contribution in [0.25, 0.3) is 0 Å². The number of carbonyl (C=O) groups is 1. The number of amides is 1. The summed E-state index contributed by atoms with van der Waals surface area (Å²) in [5, 5.41) is 0. The molecule has 0 bridgehead atoms. The predicted molar refractivity (Wildman–Crippen MR) is 84.0 cm³/mol. The standard InChI is InChI=1S/C17H20N2O/c1-3-11-19(16-9-7-15(18)8-10-16)17(20)14-6-4-5-13(2)12-14/h4-10,12H,3,11,18H2,1-2H3. The molecular formula is C17H20N2O. The second-order valence-electron chi connectivity index (χ2n) is 4.92. The first-order valence-electron chi connectivity index (χ1n) is 6.86. The molecule has 1 amide bonds. The quantitative estimate of drug-likeness (QED) is 0.861. The van der Waals surface area contributed by atoms with E-state index in [1.807, 2.05) is 55.5 Å². The van der Waals surface area contributed by atoms with Gasteiger partial charge in [-0.15, -0.1) is 0 Å². The van der Waals surface area contributed by atoms with Gasteiger partial charge in [-0.25, -0.2) is 0 Å². The molecule has 0 aliphatic heterocycles. The third-order valence-electron chi connectivity index (χ3n) is 3.16. The van der Waals surface area contributed by atoms with Crippen LogP contribution in [0, 0.1) is 6.92 Å². The molecule has 3 nitrogen and oxygen atoms in total. The first kappa shape index (κ1) is 14.1. The molecule has 0 saturated carbocycles. The molecule has 0 aliphatic carbocycles. The fraction of sp³-hybridized carbons (Fsp3) is 0.235. The molecule has 0 aromatic heterocycles. The average Bonchev–Trinajstić information content (AvgIpc) is 2.45. The number of rotatable bonds is 4. The van der Waals surface area contributed by atoms with Gasteiger partial charge >= 0.3 is 0 Å². The normalized spacial score (nSPS) is 10.3. The van der Waals surface area contributed by atoms with Crippen molar-refractivity contribution in [1.29, 1.82) is 0 Å². The summed E-state index contributed by atoms with van der Waals surface area (Å²) in [6.45, 7) is 4.74. The lowest BCUT2D eigenvalue weighted by atomic mass is 10.1. The van der Waals surface area contributed by atoms with Crippen LogP contribution in [-0.2, 0) is 0 Å². The lowest BCUT2D eigenvalue weighted by Gasteiger charge is -2.22. The van der Waals surface area contributed by atoms with Crippen molar-refractivity contribution in [3.63, 3.8) is 0 Å². The minimum Gasteiger partial charge on any atom is -0.399 e. The van der Waals surface area contributed by atoms with E-state index in [4.69, 9.17) is 5.73 Å². The van der Waals surface area contributed by atoms with Crippen molar-refractivity contribution >= 4 is 17.3 Å². The van der Waals surface area contributed by atoms with Gasteiger partial charge in [-0.1, -0.05) is 24.6 Å². The van der Waals surface area contributed by atoms with Gasteiger partial charge in [-0.05, 0) is 49.7 Å². The van der Waals surface area contributed by atoms with E-state index < -0.39 is 0 Å². The molecule has 0 fully saturated rings. The van der Waals surface area contributed by atoms with E-state index in [-0.39, 0.29) is 5.91 Å². The Morgan fingerprint density at radius 1 is 1.15 bits per heavy atom. The Labute approximate surface area is 120 Å². The Bertz CT molecular complexity index is 590. The molecule has 2 aromatic rings. The fourth-order valence-electron chi connectivity index (χ4n) is 2.16. The Morgan fingerprint density at radius 3 is 2.45 bits per heavy atom. The summed E-state index contributed by atoms with van der Waals surface area (Å²) in [5.74, 6) is 0.0281. The van der Waals surface area contributed by atoms with E-state index in [0.29, 0.717) is 12.2 Å². The number of nitrogens with zero attached hydrogens (tertiary/aromatic N) is 1. The highest BCUT2D eigenvalue weighted by Gasteiger charge is 2.16. The molecule has 2 aromatic carbocycles. The van der Waals surface area contributed by atoms with Crippen molar-refractivity contribution in [1.82, 2.24) is 0 Å². The van der Waals surface area contributed by atoms with E-state index in [9.17, 15) is 4.79 Å². The highest BCUT2D eigenvalue weighted by atomic mass is 16.2. The van der Waals surface area contributed by atoms with Crippen LogP contribution < -0.4 is 10.6 Å². The van der Waals surface area contributed by atoms with Crippen molar-refractivity contribution in [3.05, 3.63) is 59.7 Å². The van der Waals surface area contributed by atoms with Crippen molar-refractivity contribution in [3.8, 4) is 0 Å². The van der Waals surface area contributed by atoms with E-state index in [2.05, 4.69) is 6.92 Å². The van der Waals surface area contributed by atoms with Crippen LogP contribution in [0.15, 0.2) is 48.5 Å². The van der Waals surface area contributed by atoms with Crippen LogP contribution in [0.4, 0.5) is 11.4 Å². The summed E-state index contributed by atoms with van der Waals surface area (Å²) in [5.41, 5.74) is 9.09. The van der Waals surface area contributed by atoms with Crippen LogP contribution in [0.3, 0.4) is 0 Å².